The maximum absolute atomic E-state index is 10.6. The van der Waals surface area contributed by atoms with Crippen molar-refractivity contribution < 1.29 is 18.9 Å². The van der Waals surface area contributed by atoms with Crippen LogP contribution in [0.1, 0.15) is 19.8 Å². The van der Waals surface area contributed by atoms with Gasteiger partial charge in [0, 0.05) is 6.42 Å². The van der Waals surface area contributed by atoms with E-state index in [9.17, 15) is 4.57 Å². The first kappa shape index (κ1) is 12.4. The second-order valence-corrected chi connectivity index (χ2v) is 3.73. The van der Waals surface area contributed by atoms with Crippen molar-refractivity contribution in [2.75, 3.05) is 0 Å². The Bertz CT molecular complexity index is 262. The lowest BCUT2D eigenvalue weighted by molar-refractivity contribution is 0.0806. The smallest absolute Gasteiger partial charge is 0.303 e. The molecule has 0 spiro atoms. The standard InChI is InChI=1S/C8H13O4P/c1-4-7-8(5-2,6-3)12-13(9,10)11/h2,4H,1,6-7H2,3H3,(H2,9,10,11). The lowest BCUT2D eigenvalue weighted by atomic mass is 9.98. The third-order valence-electron chi connectivity index (χ3n) is 1.60. The summed E-state index contributed by atoms with van der Waals surface area (Å²) in [4.78, 5) is 17.2. The van der Waals surface area contributed by atoms with E-state index in [0.717, 1.165) is 0 Å². The largest absolute Gasteiger partial charge is 0.471 e. The van der Waals surface area contributed by atoms with Crippen LogP contribution in [0, 0.1) is 12.3 Å². The van der Waals surface area contributed by atoms with Crippen LogP contribution >= 0.6 is 7.82 Å². The van der Waals surface area contributed by atoms with Crippen molar-refractivity contribution in [3.8, 4) is 12.3 Å². The highest BCUT2D eigenvalue weighted by molar-refractivity contribution is 7.46. The number of terminal acetylenes is 1. The Balaban J connectivity index is 4.70. The average Bonchev–Trinajstić information content (AvgIpc) is 2.01. The molecule has 0 aromatic carbocycles. The average molecular weight is 204 g/mol. The summed E-state index contributed by atoms with van der Waals surface area (Å²) >= 11 is 0. The molecule has 0 fully saturated rings. The van der Waals surface area contributed by atoms with E-state index in [1.165, 1.54) is 6.08 Å². The van der Waals surface area contributed by atoms with E-state index in [1.807, 2.05) is 0 Å². The molecule has 0 bridgehead atoms. The zero-order valence-corrected chi connectivity index (χ0v) is 8.33. The maximum atomic E-state index is 10.6. The van der Waals surface area contributed by atoms with Gasteiger partial charge < -0.3 is 9.79 Å². The van der Waals surface area contributed by atoms with Gasteiger partial charge in [-0.15, -0.1) is 13.0 Å². The molecule has 0 aliphatic carbocycles. The number of phosphoric acid groups is 1. The fourth-order valence-electron chi connectivity index (χ4n) is 0.894. The van der Waals surface area contributed by atoms with Crippen molar-refractivity contribution in [1.29, 1.82) is 0 Å². The van der Waals surface area contributed by atoms with Crippen LogP contribution in [0.4, 0.5) is 0 Å². The lowest BCUT2D eigenvalue weighted by Gasteiger charge is -2.25. The molecule has 4 nitrogen and oxygen atoms in total. The van der Waals surface area contributed by atoms with Gasteiger partial charge in [-0.1, -0.05) is 18.9 Å². The van der Waals surface area contributed by atoms with E-state index >= 15 is 0 Å². The molecule has 0 saturated carbocycles. The van der Waals surface area contributed by atoms with Crippen LogP contribution in [0.2, 0.25) is 0 Å². The summed E-state index contributed by atoms with van der Waals surface area (Å²) in [6.45, 7) is 5.14. The molecule has 0 heterocycles. The van der Waals surface area contributed by atoms with E-state index < -0.39 is 13.4 Å². The Kier molecular flexibility index (Phi) is 4.38. The zero-order chi connectivity index (χ0) is 10.5. The molecule has 0 radical (unpaired) electrons. The van der Waals surface area contributed by atoms with E-state index in [-0.39, 0.29) is 6.42 Å². The molecule has 0 aromatic heterocycles. The minimum absolute atomic E-state index is 0.213. The second-order valence-electron chi connectivity index (χ2n) is 2.57. The molecule has 0 aliphatic rings. The number of hydrogen-bond acceptors (Lipinski definition) is 2. The molecule has 13 heavy (non-hydrogen) atoms. The molecule has 74 valence electrons. The molecule has 0 saturated heterocycles. The monoisotopic (exact) mass is 204 g/mol. The molecule has 5 heteroatoms. The summed E-state index contributed by atoms with van der Waals surface area (Å²) in [7, 11) is -4.54. The molecule has 0 aliphatic heterocycles. The van der Waals surface area contributed by atoms with Crippen LogP contribution in [-0.4, -0.2) is 15.4 Å². The van der Waals surface area contributed by atoms with Gasteiger partial charge in [0.15, 0.2) is 0 Å². The molecule has 0 amide bonds. The first-order chi connectivity index (χ1) is 5.89. The topological polar surface area (TPSA) is 66.8 Å². The predicted molar refractivity (Wildman–Crippen MR) is 49.8 cm³/mol. The van der Waals surface area contributed by atoms with Crippen LogP contribution in [0.5, 0.6) is 0 Å². The van der Waals surface area contributed by atoms with Crippen molar-refractivity contribution in [2.24, 2.45) is 0 Å². The lowest BCUT2D eigenvalue weighted by Crippen LogP contribution is -2.27. The highest BCUT2D eigenvalue weighted by Gasteiger charge is 2.33. The zero-order valence-electron chi connectivity index (χ0n) is 7.43. The highest BCUT2D eigenvalue weighted by atomic mass is 31.2. The Labute approximate surface area is 77.9 Å². The molecule has 0 rings (SSSR count). The second kappa shape index (κ2) is 4.59. The van der Waals surface area contributed by atoms with Crippen molar-refractivity contribution in [3.05, 3.63) is 12.7 Å². The minimum atomic E-state index is -4.54. The van der Waals surface area contributed by atoms with Crippen LogP contribution < -0.4 is 0 Å². The predicted octanol–water partition coefficient (Wildman–Crippen LogP) is 1.45. The molecular weight excluding hydrogens is 191 g/mol. The van der Waals surface area contributed by atoms with Crippen LogP contribution in [0.15, 0.2) is 12.7 Å². The Morgan fingerprint density at radius 2 is 2.31 bits per heavy atom. The normalized spacial score (nSPS) is 15.8. The van der Waals surface area contributed by atoms with Gasteiger partial charge in [-0.05, 0) is 6.42 Å². The summed E-state index contributed by atoms with van der Waals surface area (Å²) in [6, 6.07) is 0. The number of rotatable bonds is 5. The molecular formula is C8H13O4P. The molecule has 0 aromatic rings. The summed E-state index contributed by atoms with van der Waals surface area (Å²) in [5.74, 6) is 2.24. The fourth-order valence-corrected chi connectivity index (χ4v) is 1.61. The van der Waals surface area contributed by atoms with E-state index in [4.69, 9.17) is 16.2 Å². The van der Waals surface area contributed by atoms with Gasteiger partial charge in [-0.25, -0.2) is 4.57 Å². The van der Waals surface area contributed by atoms with E-state index in [2.05, 4.69) is 17.0 Å². The highest BCUT2D eigenvalue weighted by Crippen LogP contribution is 2.43. The van der Waals surface area contributed by atoms with Gasteiger partial charge >= 0.3 is 7.82 Å². The Hall–Kier alpha value is -0.590. The summed E-state index contributed by atoms with van der Waals surface area (Å²) in [5, 5.41) is 0. The minimum Gasteiger partial charge on any atom is -0.303 e. The summed E-state index contributed by atoms with van der Waals surface area (Å²) < 4.78 is 15.1. The van der Waals surface area contributed by atoms with Gasteiger partial charge in [-0.2, -0.15) is 0 Å². The van der Waals surface area contributed by atoms with Gasteiger partial charge in [-0.3, -0.25) is 4.52 Å². The van der Waals surface area contributed by atoms with Gasteiger partial charge in [0.05, 0.1) is 0 Å². The molecule has 1 unspecified atom stereocenters. The Morgan fingerprint density at radius 3 is 2.54 bits per heavy atom. The first-order valence-electron chi connectivity index (χ1n) is 3.74. The van der Waals surface area contributed by atoms with Crippen LogP contribution in [-0.2, 0) is 9.09 Å². The quantitative estimate of drug-likeness (QED) is 0.404. The van der Waals surface area contributed by atoms with Crippen LogP contribution in [0.25, 0.3) is 0 Å². The van der Waals surface area contributed by atoms with Crippen molar-refractivity contribution in [3.63, 3.8) is 0 Å². The van der Waals surface area contributed by atoms with Gasteiger partial charge in [0.1, 0.15) is 5.60 Å². The van der Waals surface area contributed by atoms with Crippen molar-refractivity contribution in [1.82, 2.24) is 0 Å². The summed E-state index contributed by atoms with van der Waals surface area (Å²) in [5.41, 5.74) is -1.24. The molecule has 1 atom stereocenters. The van der Waals surface area contributed by atoms with Crippen molar-refractivity contribution in [2.45, 2.75) is 25.4 Å². The van der Waals surface area contributed by atoms with Gasteiger partial charge in [0.2, 0.25) is 0 Å². The SMILES string of the molecule is C#CC(CC)(CC=C)OP(=O)(O)O. The van der Waals surface area contributed by atoms with Gasteiger partial charge in [0.25, 0.3) is 0 Å². The van der Waals surface area contributed by atoms with Crippen LogP contribution in [0.3, 0.4) is 0 Å². The third kappa shape index (κ3) is 4.25. The Morgan fingerprint density at radius 1 is 1.77 bits per heavy atom. The maximum Gasteiger partial charge on any atom is 0.471 e. The van der Waals surface area contributed by atoms with E-state index in [0.29, 0.717) is 6.42 Å². The number of hydrogen-bond donors (Lipinski definition) is 2. The third-order valence-corrected chi connectivity index (χ3v) is 2.19. The van der Waals surface area contributed by atoms with E-state index in [1.54, 1.807) is 6.92 Å². The molecule has 2 N–H and O–H groups in total. The van der Waals surface area contributed by atoms with Crippen molar-refractivity contribution >= 4 is 7.82 Å². The summed E-state index contributed by atoms with van der Waals surface area (Å²) in [6.07, 6.45) is 7.15. The first-order valence-corrected chi connectivity index (χ1v) is 5.27. The fraction of sp³-hybridized carbons (Fsp3) is 0.500. The number of phosphoric ester groups is 1.